The normalized spacial score (nSPS) is 29.6. The third-order valence-electron chi connectivity index (χ3n) is 0.965. The van der Waals surface area contributed by atoms with Gasteiger partial charge in [0, 0.05) is 6.61 Å². The van der Waals surface area contributed by atoms with Crippen molar-refractivity contribution in [2.45, 2.75) is 19.1 Å². The fourth-order valence-electron chi connectivity index (χ4n) is 0.603. The first kappa shape index (κ1) is 7.21. The molecule has 0 unspecified atom stereocenters. The summed E-state index contributed by atoms with van der Waals surface area (Å²) in [6.45, 7) is 0.862. The van der Waals surface area contributed by atoms with Crippen LogP contribution in [0.15, 0.2) is 0 Å². The molecule has 0 amide bonds. The van der Waals surface area contributed by atoms with Crippen LogP contribution < -0.4 is 5.73 Å². The number of hydrogen-bond acceptors (Lipinski definition) is 2. The summed E-state index contributed by atoms with van der Waals surface area (Å²) in [7, 11) is 0. The minimum Gasteiger partial charge on any atom is -0.364 e. The largest absolute Gasteiger partial charge is 0.364 e. The first-order valence-electron chi connectivity index (χ1n) is 2.27. The molecule has 1 atom stereocenters. The van der Waals surface area contributed by atoms with Crippen molar-refractivity contribution in [2.24, 2.45) is 5.73 Å². The highest BCUT2D eigenvalue weighted by Gasteiger charge is 2.07. The lowest BCUT2D eigenvalue weighted by Gasteiger charge is -1.95. The molecule has 0 aliphatic carbocycles. The molecule has 1 saturated heterocycles. The lowest BCUT2D eigenvalue weighted by Crippen LogP contribution is -2.16. The van der Waals surface area contributed by atoms with Crippen molar-refractivity contribution in [2.75, 3.05) is 6.61 Å². The molecular formula is C4H10ClNO. The van der Waals surface area contributed by atoms with Crippen LogP contribution in [-0.4, -0.2) is 12.8 Å². The van der Waals surface area contributed by atoms with Crippen molar-refractivity contribution >= 4 is 12.4 Å². The van der Waals surface area contributed by atoms with Crippen molar-refractivity contribution in [3.63, 3.8) is 0 Å². The standard InChI is InChI=1S/C4H9NO.ClH/c5-4-2-1-3-6-4;/h4H,1-3,5H2;1H/t4-;/m0./s1. The molecule has 0 aromatic carbocycles. The van der Waals surface area contributed by atoms with Crippen molar-refractivity contribution in [1.29, 1.82) is 0 Å². The Bertz CT molecular complexity index is 45.0. The highest BCUT2D eigenvalue weighted by molar-refractivity contribution is 5.85. The number of halogens is 1. The Morgan fingerprint density at radius 1 is 1.57 bits per heavy atom. The molecule has 0 aromatic rings. The van der Waals surface area contributed by atoms with Crippen molar-refractivity contribution < 1.29 is 4.74 Å². The SMILES string of the molecule is Cl.N[C@@H]1CCCO1. The fourth-order valence-corrected chi connectivity index (χ4v) is 0.603. The van der Waals surface area contributed by atoms with Gasteiger partial charge in [-0.1, -0.05) is 0 Å². The molecule has 0 spiro atoms. The maximum absolute atomic E-state index is 5.31. The molecule has 3 heteroatoms. The highest BCUT2D eigenvalue weighted by Crippen LogP contribution is 2.04. The van der Waals surface area contributed by atoms with Crippen LogP contribution in [0.3, 0.4) is 0 Å². The Morgan fingerprint density at radius 2 is 2.29 bits per heavy atom. The summed E-state index contributed by atoms with van der Waals surface area (Å²) < 4.78 is 4.93. The Morgan fingerprint density at radius 3 is 2.43 bits per heavy atom. The van der Waals surface area contributed by atoms with E-state index in [1.165, 1.54) is 0 Å². The van der Waals surface area contributed by atoms with Gasteiger partial charge in [0.25, 0.3) is 0 Å². The van der Waals surface area contributed by atoms with E-state index in [1.54, 1.807) is 0 Å². The maximum Gasteiger partial charge on any atom is 0.105 e. The van der Waals surface area contributed by atoms with E-state index in [0.717, 1.165) is 19.4 Å². The summed E-state index contributed by atoms with van der Waals surface area (Å²) in [6.07, 6.45) is 2.23. The summed E-state index contributed by atoms with van der Waals surface area (Å²) in [5, 5.41) is 0. The van der Waals surface area contributed by atoms with E-state index in [-0.39, 0.29) is 18.6 Å². The number of nitrogens with two attached hydrogens (primary N) is 1. The average molecular weight is 124 g/mol. The smallest absolute Gasteiger partial charge is 0.105 e. The molecule has 1 aliphatic rings. The fraction of sp³-hybridized carbons (Fsp3) is 1.00. The number of ether oxygens (including phenoxy) is 1. The summed E-state index contributed by atoms with van der Waals surface area (Å²) in [6, 6.07) is 0. The number of rotatable bonds is 0. The van der Waals surface area contributed by atoms with Gasteiger partial charge >= 0.3 is 0 Å². The van der Waals surface area contributed by atoms with Gasteiger partial charge in [-0.05, 0) is 12.8 Å². The van der Waals surface area contributed by atoms with E-state index < -0.39 is 0 Å². The highest BCUT2D eigenvalue weighted by atomic mass is 35.5. The summed E-state index contributed by atoms with van der Waals surface area (Å²) >= 11 is 0. The molecule has 7 heavy (non-hydrogen) atoms. The maximum atomic E-state index is 5.31. The molecule has 1 rings (SSSR count). The minimum atomic E-state index is 0. The van der Waals surface area contributed by atoms with Crippen LogP contribution in [0.5, 0.6) is 0 Å². The van der Waals surface area contributed by atoms with E-state index in [0.29, 0.717) is 0 Å². The Labute approximate surface area is 49.4 Å². The quantitative estimate of drug-likeness (QED) is 0.509. The van der Waals surface area contributed by atoms with E-state index in [4.69, 9.17) is 10.5 Å². The summed E-state index contributed by atoms with van der Waals surface area (Å²) in [5.41, 5.74) is 5.31. The topological polar surface area (TPSA) is 35.2 Å². The van der Waals surface area contributed by atoms with Crippen LogP contribution in [0.4, 0.5) is 0 Å². The Kier molecular flexibility index (Phi) is 3.34. The zero-order valence-electron chi connectivity index (χ0n) is 4.09. The van der Waals surface area contributed by atoms with E-state index in [2.05, 4.69) is 0 Å². The first-order chi connectivity index (χ1) is 2.89. The molecular weight excluding hydrogens is 114 g/mol. The van der Waals surface area contributed by atoms with Gasteiger partial charge in [0.05, 0.1) is 0 Å². The van der Waals surface area contributed by atoms with Crippen molar-refractivity contribution in [1.82, 2.24) is 0 Å². The molecule has 0 aromatic heterocycles. The molecule has 0 bridgehead atoms. The van der Waals surface area contributed by atoms with Crippen LogP contribution in [-0.2, 0) is 4.74 Å². The minimum absolute atomic E-state index is 0. The van der Waals surface area contributed by atoms with Crippen LogP contribution in [0.2, 0.25) is 0 Å². The zero-order chi connectivity index (χ0) is 4.41. The molecule has 1 fully saturated rings. The van der Waals surface area contributed by atoms with Crippen LogP contribution in [0.1, 0.15) is 12.8 Å². The van der Waals surface area contributed by atoms with Crippen LogP contribution in [0.25, 0.3) is 0 Å². The van der Waals surface area contributed by atoms with Crippen LogP contribution >= 0.6 is 12.4 Å². The van der Waals surface area contributed by atoms with E-state index >= 15 is 0 Å². The lowest BCUT2D eigenvalue weighted by molar-refractivity contribution is 0.116. The van der Waals surface area contributed by atoms with Gasteiger partial charge in [-0.15, -0.1) is 12.4 Å². The molecule has 1 aliphatic heterocycles. The molecule has 0 radical (unpaired) electrons. The lowest BCUT2D eigenvalue weighted by atomic mass is 10.3. The van der Waals surface area contributed by atoms with Gasteiger partial charge in [-0.25, -0.2) is 0 Å². The predicted octanol–water partition coefficient (Wildman–Crippen LogP) is 0.503. The molecule has 2 N–H and O–H groups in total. The first-order valence-corrected chi connectivity index (χ1v) is 2.27. The van der Waals surface area contributed by atoms with Gasteiger partial charge in [-0.2, -0.15) is 0 Å². The molecule has 0 saturated carbocycles. The van der Waals surface area contributed by atoms with E-state index in [9.17, 15) is 0 Å². The van der Waals surface area contributed by atoms with Gasteiger partial charge in [0.2, 0.25) is 0 Å². The van der Waals surface area contributed by atoms with Gasteiger partial charge in [0.15, 0.2) is 0 Å². The van der Waals surface area contributed by atoms with Gasteiger partial charge in [-0.3, -0.25) is 0 Å². The molecule has 2 nitrogen and oxygen atoms in total. The summed E-state index contributed by atoms with van der Waals surface area (Å²) in [5.74, 6) is 0. The molecule has 1 heterocycles. The van der Waals surface area contributed by atoms with Crippen LogP contribution in [0, 0.1) is 0 Å². The second-order valence-electron chi connectivity index (χ2n) is 1.55. The third-order valence-corrected chi connectivity index (χ3v) is 0.965. The second kappa shape index (κ2) is 3.24. The Balaban J connectivity index is 0.000000360. The number of hydrogen-bond donors (Lipinski definition) is 1. The zero-order valence-corrected chi connectivity index (χ0v) is 4.91. The predicted molar refractivity (Wildman–Crippen MR) is 30.4 cm³/mol. The van der Waals surface area contributed by atoms with Crippen molar-refractivity contribution in [3.8, 4) is 0 Å². The second-order valence-corrected chi connectivity index (χ2v) is 1.55. The Hall–Kier alpha value is 0.210. The monoisotopic (exact) mass is 123 g/mol. The molecule has 44 valence electrons. The average Bonchev–Trinajstić information content (AvgIpc) is 1.86. The van der Waals surface area contributed by atoms with Crippen molar-refractivity contribution in [3.05, 3.63) is 0 Å². The summed E-state index contributed by atoms with van der Waals surface area (Å²) in [4.78, 5) is 0. The van der Waals surface area contributed by atoms with Gasteiger partial charge < -0.3 is 10.5 Å². The van der Waals surface area contributed by atoms with E-state index in [1.807, 2.05) is 0 Å². The third kappa shape index (κ3) is 2.12. The van der Waals surface area contributed by atoms with Gasteiger partial charge in [0.1, 0.15) is 6.23 Å².